The summed E-state index contributed by atoms with van der Waals surface area (Å²) in [6.45, 7) is 3.79. The molecule has 25 heavy (non-hydrogen) atoms. The zero-order chi connectivity index (χ0) is 18.2. The molecule has 5 nitrogen and oxygen atoms in total. The minimum atomic E-state index is -1.06. The molecule has 2 aromatic carbocycles. The molecule has 0 saturated carbocycles. The van der Waals surface area contributed by atoms with Gasteiger partial charge in [-0.25, -0.2) is 4.79 Å². The van der Waals surface area contributed by atoms with E-state index in [0.29, 0.717) is 23.7 Å². The van der Waals surface area contributed by atoms with Crippen molar-refractivity contribution >= 4 is 17.6 Å². The van der Waals surface area contributed by atoms with Crippen molar-refractivity contribution in [1.82, 2.24) is 0 Å². The lowest BCUT2D eigenvalue weighted by atomic mass is 10.0. The van der Waals surface area contributed by atoms with E-state index in [1.807, 2.05) is 38.1 Å². The molecule has 2 aromatic rings. The van der Waals surface area contributed by atoms with Gasteiger partial charge in [-0.2, -0.15) is 5.26 Å². The van der Waals surface area contributed by atoms with Crippen LogP contribution in [0, 0.1) is 18.3 Å². The van der Waals surface area contributed by atoms with Crippen molar-refractivity contribution < 1.29 is 19.4 Å². The van der Waals surface area contributed by atoms with E-state index in [1.165, 1.54) is 0 Å². The predicted molar refractivity (Wildman–Crippen MR) is 95.4 cm³/mol. The Morgan fingerprint density at radius 2 is 1.88 bits per heavy atom. The summed E-state index contributed by atoms with van der Waals surface area (Å²) in [6, 6.07) is 15.0. The summed E-state index contributed by atoms with van der Waals surface area (Å²) in [7, 11) is 0. The Balaban J connectivity index is 2.34. The maximum absolute atomic E-state index is 10.7. The van der Waals surface area contributed by atoms with Crippen LogP contribution >= 0.6 is 0 Å². The Morgan fingerprint density at radius 1 is 1.16 bits per heavy atom. The van der Waals surface area contributed by atoms with E-state index in [9.17, 15) is 10.1 Å². The second kappa shape index (κ2) is 8.55. The molecule has 128 valence electrons. The highest BCUT2D eigenvalue weighted by molar-refractivity contribution is 5.89. The van der Waals surface area contributed by atoms with Gasteiger partial charge in [-0.15, -0.1) is 0 Å². The van der Waals surface area contributed by atoms with Gasteiger partial charge in [-0.05, 0) is 43.2 Å². The van der Waals surface area contributed by atoms with E-state index in [1.54, 1.807) is 24.3 Å². The van der Waals surface area contributed by atoms with Gasteiger partial charge in [0.15, 0.2) is 18.1 Å². The van der Waals surface area contributed by atoms with E-state index < -0.39 is 12.6 Å². The van der Waals surface area contributed by atoms with E-state index in [0.717, 1.165) is 16.7 Å². The number of rotatable bonds is 7. The van der Waals surface area contributed by atoms with Crippen molar-refractivity contribution in [3.05, 3.63) is 59.2 Å². The number of aliphatic carboxylic acids is 1. The molecule has 0 aliphatic carbocycles. The fraction of sp³-hybridized carbons (Fsp3) is 0.200. The first-order valence-corrected chi connectivity index (χ1v) is 7.83. The van der Waals surface area contributed by atoms with E-state index in [-0.39, 0.29) is 0 Å². The quantitative estimate of drug-likeness (QED) is 0.612. The number of carboxylic acids is 1. The first-order chi connectivity index (χ1) is 12.0. The SMILES string of the molecule is CCOc1cc(/C=C(\C#N)c2ccc(C)cc2)ccc1OCC(=O)O. The minimum absolute atomic E-state index is 0.357. The Labute approximate surface area is 146 Å². The summed E-state index contributed by atoms with van der Waals surface area (Å²) in [5, 5.41) is 18.2. The number of carbonyl (C=O) groups is 1. The molecular formula is C20H19NO4. The highest BCUT2D eigenvalue weighted by Gasteiger charge is 2.09. The molecule has 0 aromatic heterocycles. The molecule has 0 saturated heterocycles. The van der Waals surface area contributed by atoms with Crippen molar-refractivity contribution in [1.29, 1.82) is 5.26 Å². The summed E-state index contributed by atoms with van der Waals surface area (Å²) < 4.78 is 10.7. The van der Waals surface area contributed by atoms with Gasteiger partial charge in [0, 0.05) is 0 Å². The third kappa shape index (κ3) is 5.11. The monoisotopic (exact) mass is 337 g/mol. The predicted octanol–water partition coefficient (Wildman–Crippen LogP) is 3.92. The Hall–Kier alpha value is -3.26. The lowest BCUT2D eigenvalue weighted by Crippen LogP contribution is -2.10. The van der Waals surface area contributed by atoms with Crippen LogP contribution in [0.4, 0.5) is 0 Å². The number of hydrogen-bond donors (Lipinski definition) is 1. The molecule has 0 spiro atoms. The number of nitriles is 1. The standard InChI is InChI=1S/C20H19NO4/c1-3-24-19-11-15(6-9-18(19)25-13-20(22)23)10-17(12-21)16-7-4-14(2)5-8-16/h4-11H,3,13H2,1-2H3,(H,22,23)/b17-10+. The van der Waals surface area contributed by atoms with Crippen LogP contribution in [0.25, 0.3) is 11.6 Å². The van der Waals surface area contributed by atoms with Gasteiger partial charge in [-0.3, -0.25) is 0 Å². The van der Waals surface area contributed by atoms with Crippen molar-refractivity contribution in [2.75, 3.05) is 13.2 Å². The van der Waals surface area contributed by atoms with Gasteiger partial charge in [0.1, 0.15) is 0 Å². The number of carboxylic acid groups (broad SMARTS) is 1. The fourth-order valence-corrected chi connectivity index (χ4v) is 2.22. The second-order valence-electron chi connectivity index (χ2n) is 5.36. The zero-order valence-corrected chi connectivity index (χ0v) is 14.2. The average Bonchev–Trinajstić information content (AvgIpc) is 2.60. The van der Waals surface area contributed by atoms with Crippen LogP contribution < -0.4 is 9.47 Å². The number of allylic oxidation sites excluding steroid dienone is 1. The van der Waals surface area contributed by atoms with Gasteiger partial charge >= 0.3 is 5.97 Å². The molecule has 0 atom stereocenters. The Morgan fingerprint density at radius 3 is 2.48 bits per heavy atom. The fourth-order valence-electron chi connectivity index (χ4n) is 2.22. The van der Waals surface area contributed by atoms with Gasteiger partial charge in [0.25, 0.3) is 0 Å². The number of benzene rings is 2. The first kappa shape index (κ1) is 18.1. The van der Waals surface area contributed by atoms with Gasteiger partial charge in [0.05, 0.1) is 18.2 Å². The van der Waals surface area contributed by atoms with Crippen molar-refractivity contribution in [3.63, 3.8) is 0 Å². The lowest BCUT2D eigenvalue weighted by Gasteiger charge is -2.11. The molecule has 0 unspecified atom stereocenters. The second-order valence-corrected chi connectivity index (χ2v) is 5.36. The first-order valence-electron chi connectivity index (χ1n) is 7.83. The summed E-state index contributed by atoms with van der Waals surface area (Å²) in [5.74, 6) is -0.258. The number of hydrogen-bond acceptors (Lipinski definition) is 4. The number of nitrogens with zero attached hydrogens (tertiary/aromatic N) is 1. The normalized spacial score (nSPS) is 10.8. The summed E-state index contributed by atoms with van der Waals surface area (Å²) in [6.07, 6.45) is 1.76. The third-order valence-electron chi connectivity index (χ3n) is 3.41. The van der Waals surface area contributed by atoms with E-state index in [4.69, 9.17) is 14.6 Å². The summed E-state index contributed by atoms with van der Waals surface area (Å²) in [4.78, 5) is 10.7. The largest absolute Gasteiger partial charge is 0.490 e. The topological polar surface area (TPSA) is 79.5 Å². The summed E-state index contributed by atoms with van der Waals surface area (Å²) >= 11 is 0. The van der Waals surface area contributed by atoms with Gasteiger partial charge in [0.2, 0.25) is 0 Å². The van der Waals surface area contributed by atoms with E-state index in [2.05, 4.69) is 6.07 Å². The van der Waals surface area contributed by atoms with Crippen LogP contribution in [0.3, 0.4) is 0 Å². The van der Waals surface area contributed by atoms with Crippen LogP contribution in [0.15, 0.2) is 42.5 Å². The van der Waals surface area contributed by atoms with Gasteiger partial charge < -0.3 is 14.6 Å². The maximum Gasteiger partial charge on any atom is 0.341 e. The van der Waals surface area contributed by atoms with Gasteiger partial charge in [-0.1, -0.05) is 35.9 Å². The number of ether oxygens (including phenoxy) is 2. The highest BCUT2D eigenvalue weighted by atomic mass is 16.5. The molecule has 0 radical (unpaired) electrons. The Bertz CT molecular complexity index is 817. The molecule has 0 bridgehead atoms. The van der Waals surface area contributed by atoms with Crippen molar-refractivity contribution in [2.24, 2.45) is 0 Å². The van der Waals surface area contributed by atoms with Crippen LogP contribution in [0.2, 0.25) is 0 Å². The maximum atomic E-state index is 10.7. The molecule has 1 N–H and O–H groups in total. The molecule has 0 amide bonds. The zero-order valence-electron chi connectivity index (χ0n) is 14.2. The highest BCUT2D eigenvalue weighted by Crippen LogP contribution is 2.30. The van der Waals surface area contributed by atoms with Crippen molar-refractivity contribution in [3.8, 4) is 17.6 Å². The third-order valence-corrected chi connectivity index (χ3v) is 3.41. The lowest BCUT2D eigenvalue weighted by molar-refractivity contribution is -0.139. The van der Waals surface area contributed by atoms with Crippen LogP contribution in [-0.2, 0) is 4.79 Å². The molecule has 0 aliphatic heterocycles. The number of aryl methyl sites for hydroxylation is 1. The molecule has 2 rings (SSSR count). The van der Waals surface area contributed by atoms with Crippen molar-refractivity contribution in [2.45, 2.75) is 13.8 Å². The van der Waals surface area contributed by atoms with Crippen LogP contribution in [0.1, 0.15) is 23.6 Å². The molecule has 0 aliphatic rings. The smallest absolute Gasteiger partial charge is 0.341 e. The van der Waals surface area contributed by atoms with Crippen LogP contribution in [-0.4, -0.2) is 24.3 Å². The molecule has 0 fully saturated rings. The minimum Gasteiger partial charge on any atom is -0.490 e. The average molecular weight is 337 g/mol. The molecular weight excluding hydrogens is 318 g/mol. The van der Waals surface area contributed by atoms with Crippen LogP contribution in [0.5, 0.6) is 11.5 Å². The van der Waals surface area contributed by atoms with E-state index >= 15 is 0 Å². The molecule has 0 heterocycles. The molecule has 5 heteroatoms. The summed E-state index contributed by atoms with van der Waals surface area (Å²) in [5.41, 5.74) is 3.25. The Kier molecular flexibility index (Phi) is 6.19.